The molecule has 0 saturated heterocycles. The van der Waals surface area contributed by atoms with Crippen LogP contribution in [0.2, 0.25) is 0 Å². The van der Waals surface area contributed by atoms with Crippen molar-refractivity contribution in [3.05, 3.63) is 68.7 Å². The average Bonchev–Trinajstić information content (AvgIpc) is 2.76. The van der Waals surface area contributed by atoms with E-state index in [9.17, 15) is 22.8 Å². The fourth-order valence-corrected chi connectivity index (χ4v) is 4.36. The quantitative estimate of drug-likeness (QED) is 0.572. The molecule has 31 heavy (non-hydrogen) atoms. The predicted molar refractivity (Wildman–Crippen MR) is 119 cm³/mol. The highest BCUT2D eigenvalue weighted by Crippen LogP contribution is 2.20. The van der Waals surface area contributed by atoms with Crippen LogP contribution in [0, 0.1) is 0 Å². The number of benzene rings is 2. The number of carbonyl (C=O) groups is 1. The fraction of sp³-hybridized carbons (Fsp3) is 0.286. The van der Waals surface area contributed by atoms with E-state index < -0.39 is 27.0 Å². The lowest BCUT2D eigenvalue weighted by Crippen LogP contribution is -2.39. The first-order valence-corrected chi connectivity index (χ1v) is 11.0. The number of amides is 1. The number of aromatic nitrogens is 2. The van der Waals surface area contributed by atoms with Crippen molar-refractivity contribution in [2.45, 2.75) is 18.2 Å². The maximum absolute atomic E-state index is 13.0. The van der Waals surface area contributed by atoms with Crippen molar-refractivity contribution in [3.8, 4) is 0 Å². The summed E-state index contributed by atoms with van der Waals surface area (Å²) >= 11 is 0. The van der Waals surface area contributed by atoms with Crippen LogP contribution >= 0.6 is 0 Å². The molecule has 3 aromatic rings. The maximum Gasteiger partial charge on any atom is 0.316 e. The summed E-state index contributed by atoms with van der Waals surface area (Å²) < 4.78 is 29.2. The molecule has 0 saturated carbocycles. The molecular weight excluding hydrogens is 420 g/mol. The van der Waals surface area contributed by atoms with E-state index in [2.05, 4.69) is 5.32 Å². The number of aryl methyl sites for hydroxylation is 3. The Hall–Kier alpha value is -3.24. The average molecular weight is 445 g/mol. The van der Waals surface area contributed by atoms with Crippen molar-refractivity contribution in [3.63, 3.8) is 0 Å². The second kappa shape index (κ2) is 8.48. The second-order valence-electron chi connectivity index (χ2n) is 7.24. The highest BCUT2D eigenvalue weighted by molar-refractivity contribution is 7.89. The number of hydrogen-bond acceptors (Lipinski definition) is 5. The van der Waals surface area contributed by atoms with Gasteiger partial charge in [0, 0.05) is 26.8 Å². The van der Waals surface area contributed by atoms with Crippen molar-refractivity contribution < 1.29 is 13.2 Å². The summed E-state index contributed by atoms with van der Waals surface area (Å²) in [5.74, 6) is -0.481. The van der Waals surface area contributed by atoms with Crippen LogP contribution in [0.3, 0.4) is 0 Å². The van der Waals surface area contributed by atoms with Gasteiger partial charge in [-0.05, 0) is 42.3 Å². The summed E-state index contributed by atoms with van der Waals surface area (Å²) in [6.45, 7) is 1.64. The summed E-state index contributed by atoms with van der Waals surface area (Å²) in [6.07, 6.45) is 0.876. The van der Waals surface area contributed by atoms with Gasteiger partial charge in [0.2, 0.25) is 15.9 Å². The van der Waals surface area contributed by atoms with Gasteiger partial charge in [-0.3, -0.25) is 14.4 Å². The van der Waals surface area contributed by atoms with Crippen LogP contribution in [0.5, 0.6) is 0 Å². The van der Waals surface area contributed by atoms with Crippen LogP contribution in [0.25, 0.3) is 11.0 Å². The molecule has 1 amide bonds. The Morgan fingerprint density at radius 2 is 1.55 bits per heavy atom. The molecule has 0 fully saturated rings. The molecule has 2 aromatic carbocycles. The first kappa shape index (κ1) is 22.4. The fourth-order valence-electron chi connectivity index (χ4n) is 3.21. The Morgan fingerprint density at radius 1 is 0.968 bits per heavy atom. The summed E-state index contributed by atoms with van der Waals surface area (Å²) in [5, 5.41) is 2.68. The number of sulfonamides is 1. The minimum atomic E-state index is -4.01. The predicted octanol–water partition coefficient (Wildman–Crippen LogP) is 1.06. The first-order valence-electron chi connectivity index (χ1n) is 9.61. The Balaban J connectivity index is 1.86. The number of nitrogens with zero attached hydrogens (tertiary/aromatic N) is 3. The minimum Gasteiger partial charge on any atom is -0.325 e. The van der Waals surface area contributed by atoms with E-state index >= 15 is 0 Å². The van der Waals surface area contributed by atoms with Crippen molar-refractivity contribution in [2.75, 3.05) is 18.9 Å². The van der Waals surface area contributed by atoms with Gasteiger partial charge in [-0.2, -0.15) is 4.31 Å². The summed E-state index contributed by atoms with van der Waals surface area (Å²) in [5.41, 5.74) is 0.956. The van der Waals surface area contributed by atoms with Crippen LogP contribution in [0.1, 0.15) is 12.5 Å². The Kier molecular flexibility index (Phi) is 6.14. The summed E-state index contributed by atoms with van der Waals surface area (Å²) in [4.78, 5) is 36.3. The van der Waals surface area contributed by atoms with E-state index in [0.717, 1.165) is 20.9 Å². The largest absolute Gasteiger partial charge is 0.325 e. The molecule has 0 unspecified atom stereocenters. The van der Waals surface area contributed by atoms with Gasteiger partial charge in [0.25, 0.3) is 0 Å². The van der Waals surface area contributed by atoms with E-state index in [1.807, 2.05) is 19.1 Å². The Labute approximate surface area is 179 Å². The first-order chi connectivity index (χ1) is 14.6. The number of nitrogens with one attached hydrogen (secondary N) is 1. The van der Waals surface area contributed by atoms with E-state index in [1.54, 1.807) is 12.1 Å². The number of anilines is 1. The lowest BCUT2D eigenvalue weighted by Gasteiger charge is -2.18. The van der Waals surface area contributed by atoms with Gasteiger partial charge < -0.3 is 14.5 Å². The normalized spacial score (nSPS) is 11.8. The van der Waals surface area contributed by atoms with Crippen molar-refractivity contribution >= 4 is 32.7 Å². The molecule has 0 atom stereocenters. The molecule has 0 aliphatic rings. The Morgan fingerprint density at radius 3 is 2.13 bits per heavy atom. The molecule has 1 N–H and O–H groups in total. The lowest BCUT2D eigenvalue weighted by atomic mass is 10.1. The number of likely N-dealkylation sites (N-methyl/N-ethyl adjacent to an activating group) is 1. The molecule has 164 valence electrons. The number of hydrogen-bond donors (Lipinski definition) is 1. The highest BCUT2D eigenvalue weighted by Gasteiger charge is 2.24. The second-order valence-corrected chi connectivity index (χ2v) is 9.28. The number of rotatable bonds is 6. The van der Waals surface area contributed by atoms with Gasteiger partial charge in [0.1, 0.15) is 0 Å². The van der Waals surface area contributed by atoms with Gasteiger partial charge in [-0.25, -0.2) is 8.42 Å². The molecular formula is C21H24N4O5S. The van der Waals surface area contributed by atoms with Gasteiger partial charge in [-0.15, -0.1) is 0 Å². The van der Waals surface area contributed by atoms with Crippen molar-refractivity contribution in [2.24, 2.45) is 14.1 Å². The van der Waals surface area contributed by atoms with Gasteiger partial charge in [-0.1, -0.05) is 19.1 Å². The van der Waals surface area contributed by atoms with Crippen LogP contribution in [0.15, 0.2) is 56.9 Å². The molecule has 0 aliphatic heterocycles. The molecule has 3 rings (SSSR count). The molecule has 0 aliphatic carbocycles. The van der Waals surface area contributed by atoms with Crippen molar-refractivity contribution in [1.29, 1.82) is 0 Å². The summed E-state index contributed by atoms with van der Waals surface area (Å²) in [6, 6.07) is 11.4. The third-order valence-corrected chi connectivity index (χ3v) is 6.98. The minimum absolute atomic E-state index is 0.0868. The molecule has 9 nitrogen and oxygen atoms in total. The highest BCUT2D eigenvalue weighted by atomic mass is 32.2. The molecule has 10 heteroatoms. The smallest absolute Gasteiger partial charge is 0.316 e. The van der Waals surface area contributed by atoms with Gasteiger partial charge in [0.15, 0.2) is 0 Å². The molecule has 1 aromatic heterocycles. The van der Waals surface area contributed by atoms with Crippen LogP contribution in [-0.2, 0) is 35.3 Å². The van der Waals surface area contributed by atoms with Crippen LogP contribution < -0.4 is 16.4 Å². The van der Waals surface area contributed by atoms with Gasteiger partial charge >= 0.3 is 11.1 Å². The third kappa shape index (κ3) is 4.30. The van der Waals surface area contributed by atoms with Crippen molar-refractivity contribution in [1.82, 2.24) is 13.4 Å². The molecule has 0 radical (unpaired) electrons. The monoisotopic (exact) mass is 444 g/mol. The molecule has 0 spiro atoms. The van der Waals surface area contributed by atoms with Crippen LogP contribution in [0.4, 0.5) is 5.69 Å². The Bertz CT molecular complexity index is 1370. The zero-order valence-corrected chi connectivity index (χ0v) is 18.6. The van der Waals surface area contributed by atoms with Gasteiger partial charge in [0.05, 0.1) is 22.5 Å². The topological polar surface area (TPSA) is 110 Å². The molecule has 0 bridgehead atoms. The number of carbonyl (C=O) groups excluding carboxylic acids is 1. The van der Waals surface area contributed by atoms with E-state index in [4.69, 9.17) is 0 Å². The lowest BCUT2D eigenvalue weighted by molar-refractivity contribution is -0.116. The van der Waals surface area contributed by atoms with Crippen LogP contribution in [-0.4, -0.2) is 41.4 Å². The summed E-state index contributed by atoms with van der Waals surface area (Å²) in [7, 11) is 0.148. The van der Waals surface area contributed by atoms with E-state index in [1.165, 1.54) is 43.9 Å². The third-order valence-electron chi connectivity index (χ3n) is 5.18. The SMILES string of the molecule is CCc1ccc(NC(=O)CN(C)S(=O)(=O)c2ccc3c(c2)n(C)c(=O)c(=O)n3C)cc1. The zero-order chi connectivity index (χ0) is 22.9. The number of fused-ring (bicyclic) bond motifs is 1. The van der Waals surface area contributed by atoms with E-state index in [-0.39, 0.29) is 11.4 Å². The van der Waals surface area contributed by atoms with E-state index in [0.29, 0.717) is 16.7 Å². The maximum atomic E-state index is 13.0. The zero-order valence-electron chi connectivity index (χ0n) is 17.7. The standard InChI is InChI=1S/C21H24N4O5S/c1-5-14-6-8-15(9-7-14)22-19(26)13-23(2)31(29,30)16-10-11-17-18(12-16)25(4)21(28)20(27)24(17)3/h6-12H,5,13H2,1-4H3,(H,22,26). The molecule has 1 heterocycles.